The van der Waals surface area contributed by atoms with Gasteiger partial charge in [-0.15, -0.1) is 0 Å². The van der Waals surface area contributed by atoms with E-state index in [0.29, 0.717) is 24.0 Å². The largest absolute Gasteiger partial charge is 0.493 e. The van der Waals surface area contributed by atoms with Crippen molar-refractivity contribution in [1.82, 2.24) is 9.80 Å². The van der Waals surface area contributed by atoms with Crippen molar-refractivity contribution in [3.63, 3.8) is 0 Å². The lowest BCUT2D eigenvalue weighted by Crippen LogP contribution is -2.58. The molecule has 4 rings (SSSR count). The Kier molecular flexibility index (Phi) is 8.40. The zero-order valence-corrected chi connectivity index (χ0v) is 21.9. The van der Waals surface area contributed by atoms with Crippen molar-refractivity contribution < 1.29 is 19.1 Å². The molecule has 2 amide bonds. The lowest BCUT2D eigenvalue weighted by atomic mass is 9.85. The highest BCUT2D eigenvalue weighted by atomic mass is 16.5. The summed E-state index contributed by atoms with van der Waals surface area (Å²) in [5.74, 6) is 2.02. The van der Waals surface area contributed by atoms with E-state index >= 15 is 0 Å². The molecule has 0 bridgehead atoms. The first-order valence-electron chi connectivity index (χ1n) is 13.5. The molecule has 1 aromatic carbocycles. The zero-order valence-electron chi connectivity index (χ0n) is 21.9. The van der Waals surface area contributed by atoms with Gasteiger partial charge in [-0.3, -0.25) is 9.59 Å². The summed E-state index contributed by atoms with van der Waals surface area (Å²) in [5, 5.41) is 0. The molecule has 0 aromatic heterocycles. The lowest BCUT2D eigenvalue weighted by molar-refractivity contribution is -0.159. The molecule has 0 spiro atoms. The molecule has 1 aromatic rings. The van der Waals surface area contributed by atoms with E-state index in [1.54, 1.807) is 7.11 Å². The topological polar surface area (TPSA) is 59.1 Å². The molecule has 6 nitrogen and oxygen atoms in total. The van der Waals surface area contributed by atoms with Gasteiger partial charge < -0.3 is 19.3 Å². The van der Waals surface area contributed by atoms with Crippen LogP contribution in [0.15, 0.2) is 29.8 Å². The van der Waals surface area contributed by atoms with Crippen molar-refractivity contribution >= 4 is 11.8 Å². The highest BCUT2D eigenvalue weighted by molar-refractivity contribution is 5.96. The lowest BCUT2D eigenvalue weighted by Gasteiger charge is -2.45. The minimum atomic E-state index is -0.623. The van der Waals surface area contributed by atoms with Crippen LogP contribution in [0.1, 0.15) is 90.2 Å². The van der Waals surface area contributed by atoms with Gasteiger partial charge in [0.25, 0.3) is 5.91 Å². The SMILES string of the molecule is COc1cc([C@H]2C(=O)N(C3CCC(C)CC3)CC(=O)N2CCC2=CCCCC2)ccc1OC(C)C. The molecule has 1 saturated carbocycles. The van der Waals surface area contributed by atoms with Crippen LogP contribution in [0.25, 0.3) is 0 Å². The number of piperazine rings is 1. The quantitative estimate of drug-likeness (QED) is 0.449. The summed E-state index contributed by atoms with van der Waals surface area (Å²) >= 11 is 0. The number of allylic oxidation sites excluding steroid dienone is 1. The first-order chi connectivity index (χ1) is 16.9. The summed E-state index contributed by atoms with van der Waals surface area (Å²) in [6.07, 6.45) is 12.0. The second-order valence-electron chi connectivity index (χ2n) is 10.8. The number of benzene rings is 1. The Balaban J connectivity index is 1.63. The van der Waals surface area contributed by atoms with Gasteiger partial charge in [0.1, 0.15) is 12.6 Å². The van der Waals surface area contributed by atoms with Gasteiger partial charge in [0.05, 0.1) is 13.2 Å². The van der Waals surface area contributed by atoms with Crippen LogP contribution in [0.2, 0.25) is 0 Å². The van der Waals surface area contributed by atoms with E-state index < -0.39 is 6.04 Å². The molecule has 0 radical (unpaired) electrons. The van der Waals surface area contributed by atoms with Crippen molar-refractivity contribution in [3.8, 4) is 11.5 Å². The Morgan fingerprint density at radius 2 is 1.83 bits per heavy atom. The Hall–Kier alpha value is -2.50. The monoisotopic (exact) mass is 482 g/mol. The standard InChI is InChI=1S/C29H42N2O4/c1-20(2)35-25-15-12-23(18-26(25)34-4)28-29(33)31(24-13-10-21(3)11-14-24)19-27(32)30(28)17-16-22-8-6-5-7-9-22/h8,12,15,18,20-21,24,28H,5-7,9-11,13-14,16-17,19H2,1-4H3/t21?,24?,28-/m0/s1. The van der Waals surface area contributed by atoms with E-state index in [1.807, 2.05) is 41.8 Å². The van der Waals surface area contributed by atoms with E-state index in [4.69, 9.17) is 9.47 Å². The number of ether oxygens (including phenoxy) is 2. The minimum Gasteiger partial charge on any atom is -0.493 e. The summed E-state index contributed by atoms with van der Waals surface area (Å²) in [6.45, 7) is 6.99. The fraction of sp³-hybridized carbons (Fsp3) is 0.655. The van der Waals surface area contributed by atoms with Crippen LogP contribution < -0.4 is 9.47 Å². The number of methoxy groups -OCH3 is 1. The van der Waals surface area contributed by atoms with E-state index in [9.17, 15) is 9.59 Å². The number of nitrogens with zero attached hydrogens (tertiary/aromatic N) is 2. The van der Waals surface area contributed by atoms with Crippen molar-refractivity contribution in [1.29, 1.82) is 0 Å². The van der Waals surface area contributed by atoms with Crippen molar-refractivity contribution in [2.45, 2.75) is 96.7 Å². The van der Waals surface area contributed by atoms with Gasteiger partial charge in [-0.25, -0.2) is 0 Å². The van der Waals surface area contributed by atoms with Gasteiger partial charge in [-0.05, 0) is 95.2 Å². The van der Waals surface area contributed by atoms with Crippen LogP contribution in [-0.2, 0) is 9.59 Å². The first-order valence-corrected chi connectivity index (χ1v) is 13.5. The zero-order chi connectivity index (χ0) is 24.9. The van der Waals surface area contributed by atoms with Crippen LogP contribution in [-0.4, -0.2) is 54.0 Å². The fourth-order valence-electron chi connectivity index (χ4n) is 5.79. The highest BCUT2D eigenvalue weighted by Crippen LogP contribution is 2.38. The molecule has 192 valence electrons. The second kappa shape index (κ2) is 11.5. The predicted octanol–water partition coefficient (Wildman–Crippen LogP) is 5.66. The Labute approximate surface area is 210 Å². The number of hydrogen-bond donors (Lipinski definition) is 0. The molecule has 1 saturated heterocycles. The van der Waals surface area contributed by atoms with Gasteiger partial charge >= 0.3 is 0 Å². The van der Waals surface area contributed by atoms with Crippen LogP contribution in [0.5, 0.6) is 11.5 Å². The summed E-state index contributed by atoms with van der Waals surface area (Å²) in [6, 6.07) is 5.21. The van der Waals surface area contributed by atoms with Gasteiger partial charge in [-0.1, -0.05) is 24.6 Å². The number of carbonyl (C=O) groups excluding carboxylic acids is 2. The normalized spacial score (nSPS) is 25.6. The van der Waals surface area contributed by atoms with Gasteiger partial charge in [0.15, 0.2) is 11.5 Å². The summed E-state index contributed by atoms with van der Waals surface area (Å²) < 4.78 is 11.5. The molecule has 0 unspecified atom stereocenters. The molecule has 2 aliphatic carbocycles. The van der Waals surface area contributed by atoms with Crippen LogP contribution in [0.3, 0.4) is 0 Å². The van der Waals surface area contributed by atoms with E-state index in [-0.39, 0.29) is 30.5 Å². The molecule has 1 aliphatic heterocycles. The second-order valence-corrected chi connectivity index (χ2v) is 10.8. The van der Waals surface area contributed by atoms with Crippen molar-refractivity contribution in [2.24, 2.45) is 5.92 Å². The van der Waals surface area contributed by atoms with Crippen molar-refractivity contribution in [3.05, 3.63) is 35.4 Å². The third-order valence-electron chi connectivity index (χ3n) is 7.81. The van der Waals surface area contributed by atoms with Crippen molar-refractivity contribution in [2.75, 3.05) is 20.2 Å². The third-order valence-corrected chi connectivity index (χ3v) is 7.81. The molecular weight excluding hydrogens is 440 g/mol. The van der Waals surface area contributed by atoms with Gasteiger partial charge in [0, 0.05) is 12.6 Å². The summed E-state index contributed by atoms with van der Waals surface area (Å²) in [7, 11) is 1.61. The summed E-state index contributed by atoms with van der Waals surface area (Å²) in [5.41, 5.74) is 2.21. The third kappa shape index (κ3) is 6.02. The molecule has 6 heteroatoms. The van der Waals surface area contributed by atoms with Gasteiger partial charge in [-0.2, -0.15) is 0 Å². The molecule has 1 atom stereocenters. The maximum atomic E-state index is 14.0. The van der Waals surface area contributed by atoms with Crippen LogP contribution in [0.4, 0.5) is 0 Å². The Bertz CT molecular complexity index is 933. The molecule has 0 N–H and O–H groups in total. The molecular formula is C29H42N2O4. The maximum Gasteiger partial charge on any atom is 0.250 e. The highest BCUT2D eigenvalue weighted by Gasteiger charge is 2.43. The predicted molar refractivity (Wildman–Crippen MR) is 138 cm³/mol. The number of amides is 2. The molecule has 2 fully saturated rings. The van der Waals surface area contributed by atoms with E-state index in [1.165, 1.54) is 18.4 Å². The summed E-state index contributed by atoms with van der Waals surface area (Å²) in [4.78, 5) is 31.3. The minimum absolute atomic E-state index is 0.0112. The number of carbonyl (C=O) groups is 2. The smallest absolute Gasteiger partial charge is 0.250 e. The molecule has 35 heavy (non-hydrogen) atoms. The Morgan fingerprint density at radius 1 is 1.06 bits per heavy atom. The fourth-order valence-corrected chi connectivity index (χ4v) is 5.79. The molecule has 3 aliphatic rings. The average molecular weight is 483 g/mol. The number of rotatable bonds is 8. The first kappa shape index (κ1) is 25.6. The van der Waals surface area contributed by atoms with Gasteiger partial charge in [0.2, 0.25) is 5.91 Å². The Morgan fingerprint density at radius 3 is 2.49 bits per heavy atom. The van der Waals surface area contributed by atoms with E-state index in [0.717, 1.165) is 50.5 Å². The van der Waals surface area contributed by atoms with E-state index in [2.05, 4.69) is 13.0 Å². The average Bonchev–Trinajstić information content (AvgIpc) is 2.85. The van der Waals surface area contributed by atoms with Crippen LogP contribution in [0, 0.1) is 5.92 Å². The maximum absolute atomic E-state index is 14.0. The molecule has 1 heterocycles. The number of hydrogen-bond acceptors (Lipinski definition) is 4. The van der Waals surface area contributed by atoms with Crippen LogP contribution >= 0.6 is 0 Å².